The Balaban J connectivity index is 2.36. The predicted molar refractivity (Wildman–Crippen MR) is 121 cm³/mol. The minimum atomic E-state index is -0.844. The van der Waals surface area contributed by atoms with Gasteiger partial charge in [-0.25, -0.2) is 14.4 Å². The van der Waals surface area contributed by atoms with Crippen molar-refractivity contribution in [1.82, 2.24) is 10.6 Å². The van der Waals surface area contributed by atoms with Crippen molar-refractivity contribution in [2.24, 2.45) is 0 Å². The highest BCUT2D eigenvalue weighted by molar-refractivity contribution is 7.99. The molecular formula is C22H34N2O6S. The number of esters is 1. The van der Waals surface area contributed by atoms with Crippen molar-refractivity contribution in [2.75, 3.05) is 24.7 Å². The second kappa shape index (κ2) is 14.6. The summed E-state index contributed by atoms with van der Waals surface area (Å²) in [6.07, 6.45) is 0.503. The van der Waals surface area contributed by atoms with Crippen LogP contribution in [-0.4, -0.2) is 54.5 Å². The first-order chi connectivity index (χ1) is 14.7. The number of benzene rings is 1. The molecule has 0 fully saturated rings. The maximum absolute atomic E-state index is 12.4. The van der Waals surface area contributed by atoms with Crippen LogP contribution < -0.4 is 10.6 Å². The normalized spacial score (nSPS) is 11.9. The minimum Gasteiger partial charge on any atom is -0.458 e. The van der Waals surface area contributed by atoms with Gasteiger partial charge in [0.1, 0.15) is 18.2 Å². The van der Waals surface area contributed by atoms with E-state index in [0.717, 1.165) is 18.4 Å². The standard InChI is InChI=1S/C22H34N2O6S/c1-5-6-13-28-21(27)24-18(19(25)30-22(2,3)4)16-31-14-12-23-20(26)29-15-17-10-8-7-9-11-17/h7-11,18H,5-6,12-16H2,1-4H3,(H,23,26)(H,24,27). The lowest BCUT2D eigenvalue weighted by atomic mass is 10.2. The van der Waals surface area contributed by atoms with Gasteiger partial charge in [0.15, 0.2) is 0 Å². The second-order valence-electron chi connectivity index (χ2n) is 7.78. The van der Waals surface area contributed by atoms with E-state index in [1.165, 1.54) is 11.8 Å². The number of ether oxygens (including phenoxy) is 3. The van der Waals surface area contributed by atoms with E-state index < -0.39 is 29.8 Å². The van der Waals surface area contributed by atoms with Crippen molar-refractivity contribution in [3.8, 4) is 0 Å². The van der Waals surface area contributed by atoms with Crippen LogP contribution in [0.4, 0.5) is 9.59 Å². The van der Waals surface area contributed by atoms with Crippen LogP contribution in [0.5, 0.6) is 0 Å². The molecule has 1 unspecified atom stereocenters. The van der Waals surface area contributed by atoms with Crippen LogP contribution in [0.1, 0.15) is 46.1 Å². The summed E-state index contributed by atoms with van der Waals surface area (Å²) in [5.41, 5.74) is 0.238. The van der Waals surface area contributed by atoms with Crippen LogP contribution in [0.3, 0.4) is 0 Å². The van der Waals surface area contributed by atoms with E-state index in [1.54, 1.807) is 20.8 Å². The molecule has 1 atom stereocenters. The van der Waals surface area contributed by atoms with Gasteiger partial charge in [0.25, 0.3) is 0 Å². The highest BCUT2D eigenvalue weighted by Gasteiger charge is 2.27. The van der Waals surface area contributed by atoms with Gasteiger partial charge in [0.05, 0.1) is 6.61 Å². The zero-order chi connectivity index (χ0) is 23.1. The van der Waals surface area contributed by atoms with Crippen molar-refractivity contribution in [2.45, 2.75) is 58.8 Å². The molecule has 0 bridgehead atoms. The average Bonchev–Trinajstić information content (AvgIpc) is 2.70. The molecule has 174 valence electrons. The third-order valence-electron chi connectivity index (χ3n) is 3.73. The predicted octanol–water partition coefficient (Wildman–Crippen LogP) is 3.88. The van der Waals surface area contributed by atoms with Gasteiger partial charge in [-0.05, 0) is 32.8 Å². The number of carbonyl (C=O) groups is 3. The lowest BCUT2D eigenvalue weighted by Gasteiger charge is -2.24. The Labute approximate surface area is 188 Å². The maximum atomic E-state index is 12.4. The van der Waals surface area contributed by atoms with E-state index in [4.69, 9.17) is 14.2 Å². The summed E-state index contributed by atoms with van der Waals surface area (Å²) < 4.78 is 15.6. The summed E-state index contributed by atoms with van der Waals surface area (Å²) in [6.45, 7) is 8.14. The molecule has 8 nitrogen and oxygen atoms in total. The molecule has 0 heterocycles. The van der Waals surface area contributed by atoms with E-state index >= 15 is 0 Å². The number of amides is 2. The molecule has 31 heavy (non-hydrogen) atoms. The number of alkyl carbamates (subject to hydrolysis) is 2. The van der Waals surface area contributed by atoms with E-state index in [9.17, 15) is 14.4 Å². The van der Waals surface area contributed by atoms with Crippen molar-refractivity contribution in [1.29, 1.82) is 0 Å². The van der Waals surface area contributed by atoms with Crippen LogP contribution in [-0.2, 0) is 25.6 Å². The molecule has 2 N–H and O–H groups in total. The second-order valence-corrected chi connectivity index (χ2v) is 8.93. The molecule has 0 aromatic heterocycles. The average molecular weight is 455 g/mol. The van der Waals surface area contributed by atoms with Crippen LogP contribution in [0.15, 0.2) is 30.3 Å². The van der Waals surface area contributed by atoms with Crippen LogP contribution >= 0.6 is 11.8 Å². The third-order valence-corrected chi connectivity index (χ3v) is 4.79. The minimum absolute atomic E-state index is 0.199. The zero-order valence-electron chi connectivity index (χ0n) is 18.8. The zero-order valence-corrected chi connectivity index (χ0v) is 19.6. The molecule has 0 aliphatic heterocycles. The fraction of sp³-hybridized carbons (Fsp3) is 0.591. The van der Waals surface area contributed by atoms with Crippen molar-refractivity contribution >= 4 is 29.9 Å². The Morgan fingerprint density at radius 1 is 1.06 bits per heavy atom. The summed E-state index contributed by atoms with van der Waals surface area (Å²) in [5, 5.41) is 5.23. The molecule has 0 saturated carbocycles. The largest absolute Gasteiger partial charge is 0.458 e. The summed E-state index contributed by atoms with van der Waals surface area (Å²) in [4.78, 5) is 36.1. The molecule has 1 rings (SSSR count). The Morgan fingerprint density at radius 2 is 1.77 bits per heavy atom. The lowest BCUT2D eigenvalue weighted by molar-refractivity contribution is -0.156. The molecule has 0 spiro atoms. The van der Waals surface area contributed by atoms with E-state index in [1.807, 2.05) is 37.3 Å². The molecular weight excluding hydrogens is 420 g/mol. The number of hydrogen-bond acceptors (Lipinski definition) is 7. The maximum Gasteiger partial charge on any atom is 0.407 e. The molecule has 1 aromatic carbocycles. The van der Waals surface area contributed by atoms with Gasteiger partial charge in [-0.2, -0.15) is 11.8 Å². The third kappa shape index (κ3) is 13.5. The molecule has 0 aliphatic rings. The Hall–Kier alpha value is -2.42. The Morgan fingerprint density at radius 3 is 2.42 bits per heavy atom. The van der Waals surface area contributed by atoms with Crippen molar-refractivity contribution in [3.05, 3.63) is 35.9 Å². The Bertz CT molecular complexity index is 678. The highest BCUT2D eigenvalue weighted by atomic mass is 32.2. The Kier molecular flexibility index (Phi) is 12.5. The van der Waals surface area contributed by atoms with Crippen LogP contribution in [0.25, 0.3) is 0 Å². The van der Waals surface area contributed by atoms with Crippen LogP contribution in [0.2, 0.25) is 0 Å². The van der Waals surface area contributed by atoms with Crippen LogP contribution in [0, 0.1) is 0 Å². The van der Waals surface area contributed by atoms with E-state index in [0.29, 0.717) is 24.7 Å². The number of rotatable bonds is 12. The smallest absolute Gasteiger partial charge is 0.407 e. The van der Waals surface area contributed by atoms with Gasteiger partial charge in [0, 0.05) is 18.1 Å². The lowest BCUT2D eigenvalue weighted by Crippen LogP contribution is -2.46. The molecule has 2 amide bonds. The van der Waals surface area contributed by atoms with Gasteiger partial charge >= 0.3 is 18.2 Å². The van der Waals surface area contributed by atoms with Gasteiger partial charge < -0.3 is 24.8 Å². The number of thioether (sulfide) groups is 1. The number of hydrogen-bond donors (Lipinski definition) is 2. The van der Waals surface area contributed by atoms with Crippen molar-refractivity contribution in [3.63, 3.8) is 0 Å². The number of nitrogens with one attached hydrogen (secondary N) is 2. The first kappa shape index (κ1) is 26.6. The van der Waals surface area contributed by atoms with Crippen molar-refractivity contribution < 1.29 is 28.6 Å². The summed E-state index contributed by atoms with van der Waals surface area (Å²) in [6, 6.07) is 8.55. The van der Waals surface area contributed by atoms with E-state index in [-0.39, 0.29) is 6.61 Å². The van der Waals surface area contributed by atoms with E-state index in [2.05, 4.69) is 10.6 Å². The molecule has 0 saturated heterocycles. The quantitative estimate of drug-likeness (QED) is 0.281. The molecule has 1 aromatic rings. The molecule has 0 aliphatic carbocycles. The fourth-order valence-electron chi connectivity index (χ4n) is 2.24. The number of unbranched alkanes of at least 4 members (excludes halogenated alkanes) is 1. The van der Waals surface area contributed by atoms with Gasteiger partial charge in [-0.3, -0.25) is 0 Å². The molecule has 0 radical (unpaired) electrons. The monoisotopic (exact) mass is 454 g/mol. The SMILES string of the molecule is CCCCOC(=O)NC(CSCCNC(=O)OCc1ccccc1)C(=O)OC(C)(C)C. The fourth-order valence-corrected chi connectivity index (χ4v) is 3.10. The summed E-state index contributed by atoms with van der Waals surface area (Å²) in [7, 11) is 0. The number of carbonyl (C=O) groups excluding carboxylic acids is 3. The first-order valence-corrected chi connectivity index (χ1v) is 11.5. The van der Waals surface area contributed by atoms with Gasteiger partial charge in [-0.15, -0.1) is 0 Å². The highest BCUT2D eigenvalue weighted by Crippen LogP contribution is 2.12. The van der Waals surface area contributed by atoms with Gasteiger partial charge in [-0.1, -0.05) is 43.7 Å². The summed E-state index contributed by atoms with van der Waals surface area (Å²) >= 11 is 1.40. The van der Waals surface area contributed by atoms with Gasteiger partial charge in [0.2, 0.25) is 0 Å². The topological polar surface area (TPSA) is 103 Å². The molecule has 9 heteroatoms. The summed E-state index contributed by atoms with van der Waals surface area (Å²) in [5.74, 6) is 0.299. The first-order valence-electron chi connectivity index (χ1n) is 10.4.